The number of aromatic nitrogens is 1. The zero-order chi connectivity index (χ0) is 16.4. The van der Waals surface area contributed by atoms with Crippen LogP contribution in [0.4, 0.5) is 5.82 Å². The Labute approximate surface area is 142 Å². The summed E-state index contributed by atoms with van der Waals surface area (Å²) >= 11 is 0. The standard InChI is InChI=1S/C19H22N4O/c24-19(22-15-8-9-15)16-7-4-10-21-18(16)23-12-11-20-17(13-23)14-5-2-1-3-6-14/h1-7,10,15,17,20H,8-9,11-13H2,(H,22,24). The van der Waals surface area contributed by atoms with E-state index >= 15 is 0 Å². The number of hydrogen-bond acceptors (Lipinski definition) is 4. The molecule has 1 aromatic carbocycles. The number of piperazine rings is 1. The molecule has 1 aliphatic carbocycles. The highest BCUT2D eigenvalue weighted by molar-refractivity contribution is 5.99. The third-order valence-corrected chi connectivity index (χ3v) is 4.62. The van der Waals surface area contributed by atoms with Gasteiger partial charge in [-0.2, -0.15) is 0 Å². The highest BCUT2D eigenvalue weighted by Crippen LogP contribution is 2.25. The molecule has 1 saturated heterocycles. The topological polar surface area (TPSA) is 57.3 Å². The summed E-state index contributed by atoms with van der Waals surface area (Å²) in [6.07, 6.45) is 3.94. The molecule has 2 heterocycles. The van der Waals surface area contributed by atoms with Crippen LogP contribution in [-0.4, -0.2) is 36.6 Å². The van der Waals surface area contributed by atoms with Gasteiger partial charge in [-0.25, -0.2) is 4.98 Å². The van der Waals surface area contributed by atoms with Gasteiger partial charge in [0.2, 0.25) is 0 Å². The Hall–Kier alpha value is -2.40. The Kier molecular flexibility index (Phi) is 4.17. The molecule has 0 spiro atoms. The summed E-state index contributed by atoms with van der Waals surface area (Å²) in [5.41, 5.74) is 1.94. The fraction of sp³-hybridized carbons (Fsp3) is 0.368. The van der Waals surface area contributed by atoms with Gasteiger partial charge in [-0.15, -0.1) is 0 Å². The van der Waals surface area contributed by atoms with Gasteiger partial charge in [0, 0.05) is 37.9 Å². The van der Waals surface area contributed by atoms with Crippen LogP contribution in [0.3, 0.4) is 0 Å². The van der Waals surface area contributed by atoms with E-state index in [1.807, 2.05) is 18.2 Å². The summed E-state index contributed by atoms with van der Waals surface area (Å²) in [4.78, 5) is 19.3. The quantitative estimate of drug-likeness (QED) is 0.905. The van der Waals surface area contributed by atoms with E-state index in [1.165, 1.54) is 5.56 Å². The van der Waals surface area contributed by atoms with E-state index in [0.29, 0.717) is 11.6 Å². The second-order valence-corrected chi connectivity index (χ2v) is 6.49. The highest BCUT2D eigenvalue weighted by Gasteiger charge is 2.28. The van der Waals surface area contributed by atoms with Gasteiger partial charge in [0.1, 0.15) is 5.82 Å². The first kappa shape index (κ1) is 15.1. The first-order valence-corrected chi connectivity index (χ1v) is 8.60. The Morgan fingerprint density at radius 3 is 2.79 bits per heavy atom. The molecule has 1 aliphatic heterocycles. The van der Waals surface area contributed by atoms with Gasteiger partial charge in [-0.3, -0.25) is 4.79 Å². The van der Waals surface area contributed by atoms with Crippen molar-refractivity contribution in [2.24, 2.45) is 0 Å². The molecule has 1 saturated carbocycles. The van der Waals surface area contributed by atoms with Gasteiger partial charge in [0.15, 0.2) is 0 Å². The van der Waals surface area contributed by atoms with Crippen molar-refractivity contribution in [3.05, 3.63) is 59.8 Å². The van der Waals surface area contributed by atoms with Crippen LogP contribution >= 0.6 is 0 Å². The molecule has 2 fully saturated rings. The molecule has 124 valence electrons. The number of nitrogens with one attached hydrogen (secondary N) is 2. The van der Waals surface area contributed by atoms with Crippen LogP contribution in [0.15, 0.2) is 48.7 Å². The number of hydrogen-bond donors (Lipinski definition) is 2. The van der Waals surface area contributed by atoms with Crippen LogP contribution in [0.2, 0.25) is 0 Å². The van der Waals surface area contributed by atoms with Crippen molar-refractivity contribution in [2.75, 3.05) is 24.5 Å². The average molecular weight is 322 g/mol. The molecule has 1 amide bonds. The summed E-state index contributed by atoms with van der Waals surface area (Å²) in [5, 5.41) is 6.63. The monoisotopic (exact) mass is 322 g/mol. The second kappa shape index (κ2) is 6.61. The summed E-state index contributed by atoms with van der Waals surface area (Å²) in [6.45, 7) is 2.54. The predicted octanol–water partition coefficient (Wildman–Crippen LogP) is 2.12. The average Bonchev–Trinajstić information content (AvgIpc) is 3.46. The number of anilines is 1. The van der Waals surface area contributed by atoms with E-state index in [0.717, 1.165) is 38.3 Å². The predicted molar refractivity (Wildman–Crippen MR) is 94.1 cm³/mol. The molecule has 1 atom stereocenters. The Morgan fingerprint density at radius 1 is 1.17 bits per heavy atom. The molecule has 2 aromatic rings. The number of carbonyl (C=O) groups excluding carboxylic acids is 1. The lowest BCUT2D eigenvalue weighted by atomic mass is 10.0. The molecule has 5 nitrogen and oxygen atoms in total. The summed E-state index contributed by atoms with van der Waals surface area (Å²) in [5.74, 6) is 0.786. The largest absolute Gasteiger partial charge is 0.353 e. The van der Waals surface area contributed by atoms with E-state index in [2.05, 4.69) is 44.8 Å². The second-order valence-electron chi connectivity index (χ2n) is 6.49. The van der Waals surface area contributed by atoms with E-state index in [-0.39, 0.29) is 11.9 Å². The van der Waals surface area contributed by atoms with E-state index in [1.54, 1.807) is 6.20 Å². The number of nitrogens with zero attached hydrogens (tertiary/aromatic N) is 2. The smallest absolute Gasteiger partial charge is 0.255 e. The zero-order valence-corrected chi connectivity index (χ0v) is 13.6. The van der Waals surface area contributed by atoms with Gasteiger partial charge in [0.25, 0.3) is 5.91 Å². The molecule has 1 aromatic heterocycles. The van der Waals surface area contributed by atoms with Crippen molar-refractivity contribution in [3.8, 4) is 0 Å². The first-order valence-electron chi connectivity index (χ1n) is 8.60. The van der Waals surface area contributed by atoms with Crippen molar-refractivity contribution >= 4 is 11.7 Å². The number of rotatable bonds is 4. The molecule has 2 aliphatic rings. The minimum Gasteiger partial charge on any atom is -0.353 e. The van der Waals surface area contributed by atoms with Gasteiger partial charge in [-0.1, -0.05) is 30.3 Å². The molecule has 0 radical (unpaired) electrons. The minimum atomic E-state index is -0.00427. The van der Waals surface area contributed by atoms with Gasteiger partial charge in [-0.05, 0) is 30.5 Å². The summed E-state index contributed by atoms with van der Waals surface area (Å²) < 4.78 is 0. The van der Waals surface area contributed by atoms with Crippen LogP contribution in [0.1, 0.15) is 34.8 Å². The maximum atomic E-state index is 12.5. The molecule has 0 bridgehead atoms. The molecular weight excluding hydrogens is 300 g/mol. The van der Waals surface area contributed by atoms with Crippen LogP contribution < -0.4 is 15.5 Å². The molecule has 5 heteroatoms. The molecular formula is C19H22N4O. The maximum Gasteiger partial charge on any atom is 0.255 e. The number of amides is 1. The molecule has 2 N–H and O–H groups in total. The number of pyridine rings is 1. The third kappa shape index (κ3) is 3.26. The lowest BCUT2D eigenvalue weighted by Gasteiger charge is -2.35. The number of benzene rings is 1. The molecule has 1 unspecified atom stereocenters. The van der Waals surface area contributed by atoms with E-state index < -0.39 is 0 Å². The summed E-state index contributed by atoms with van der Waals surface area (Å²) in [6, 6.07) is 14.7. The van der Waals surface area contributed by atoms with E-state index in [4.69, 9.17) is 0 Å². The van der Waals surface area contributed by atoms with Crippen molar-refractivity contribution < 1.29 is 4.79 Å². The lowest BCUT2D eigenvalue weighted by molar-refractivity contribution is 0.0951. The SMILES string of the molecule is O=C(NC1CC1)c1cccnc1N1CCNC(c2ccccc2)C1. The van der Waals surface area contributed by atoms with Gasteiger partial charge in [0.05, 0.1) is 5.56 Å². The Morgan fingerprint density at radius 2 is 2.00 bits per heavy atom. The molecule has 4 rings (SSSR count). The Bertz CT molecular complexity index is 714. The van der Waals surface area contributed by atoms with Crippen molar-refractivity contribution in [3.63, 3.8) is 0 Å². The summed E-state index contributed by atoms with van der Waals surface area (Å²) in [7, 11) is 0. The maximum absolute atomic E-state index is 12.5. The first-order chi connectivity index (χ1) is 11.8. The Balaban J connectivity index is 1.55. The van der Waals surface area contributed by atoms with Crippen LogP contribution in [0.25, 0.3) is 0 Å². The fourth-order valence-corrected chi connectivity index (χ4v) is 3.17. The van der Waals surface area contributed by atoms with Crippen LogP contribution in [-0.2, 0) is 0 Å². The van der Waals surface area contributed by atoms with Crippen molar-refractivity contribution in [1.29, 1.82) is 0 Å². The van der Waals surface area contributed by atoms with Crippen LogP contribution in [0.5, 0.6) is 0 Å². The molecule has 24 heavy (non-hydrogen) atoms. The van der Waals surface area contributed by atoms with Gasteiger partial charge >= 0.3 is 0 Å². The third-order valence-electron chi connectivity index (χ3n) is 4.62. The van der Waals surface area contributed by atoms with E-state index in [9.17, 15) is 4.79 Å². The van der Waals surface area contributed by atoms with Crippen LogP contribution in [0, 0.1) is 0 Å². The normalized spacial score (nSPS) is 20.7. The van der Waals surface area contributed by atoms with Gasteiger partial charge < -0.3 is 15.5 Å². The lowest BCUT2D eigenvalue weighted by Crippen LogP contribution is -2.47. The highest BCUT2D eigenvalue weighted by atomic mass is 16.1. The fourth-order valence-electron chi connectivity index (χ4n) is 3.17. The van der Waals surface area contributed by atoms with Crippen molar-refractivity contribution in [1.82, 2.24) is 15.6 Å². The van der Waals surface area contributed by atoms with Crippen molar-refractivity contribution in [2.45, 2.75) is 24.9 Å². The minimum absolute atomic E-state index is 0.00427. The number of carbonyl (C=O) groups is 1. The zero-order valence-electron chi connectivity index (χ0n) is 13.6.